The van der Waals surface area contributed by atoms with Gasteiger partial charge < -0.3 is 4.90 Å². The van der Waals surface area contributed by atoms with Crippen molar-refractivity contribution in [1.29, 1.82) is 0 Å². The number of hydrogen-bond acceptors (Lipinski definition) is 1. The van der Waals surface area contributed by atoms with Gasteiger partial charge in [0.25, 0.3) is 0 Å². The molecule has 0 amide bonds. The third-order valence-corrected chi connectivity index (χ3v) is 2.17. The molecule has 0 aromatic carbocycles. The van der Waals surface area contributed by atoms with E-state index in [1.807, 2.05) is 44.1 Å². The lowest BCUT2D eigenvalue weighted by molar-refractivity contribution is 0.415. The molecule has 0 fully saturated rings. The maximum atomic E-state index is 4.04. The Morgan fingerprint density at radius 2 is 2.00 bits per heavy atom. The van der Waals surface area contributed by atoms with Crippen molar-refractivity contribution in [1.82, 2.24) is 4.90 Å². The lowest BCUT2D eigenvalue weighted by atomic mass is 9.87. The number of hydrogen-bond donors (Lipinski definition) is 0. The minimum atomic E-state index is 0.182. The van der Waals surface area contributed by atoms with Crippen molar-refractivity contribution in [3.8, 4) is 0 Å². The first kappa shape index (κ1) is 13.8. The van der Waals surface area contributed by atoms with Gasteiger partial charge in [-0.15, -0.1) is 5.73 Å². The van der Waals surface area contributed by atoms with Gasteiger partial charge in [-0.05, 0) is 17.9 Å². The second-order valence-electron chi connectivity index (χ2n) is 4.16. The van der Waals surface area contributed by atoms with E-state index in [1.165, 1.54) is 0 Å². The highest BCUT2D eigenvalue weighted by Gasteiger charge is 2.16. The maximum Gasteiger partial charge on any atom is 0.0463 e. The first-order valence-electron chi connectivity index (χ1n) is 5.52. The van der Waals surface area contributed by atoms with E-state index in [0.29, 0.717) is 0 Å². The second kappa shape index (κ2) is 6.31. The van der Waals surface area contributed by atoms with Gasteiger partial charge in [0.2, 0.25) is 0 Å². The molecule has 1 rings (SSSR count). The molecular weight excluding hydrogens is 182 g/mol. The topological polar surface area (TPSA) is 3.24 Å². The number of allylic oxidation sites excluding steroid dienone is 4. The molecule has 0 radical (unpaired) electrons. The molecule has 0 saturated heterocycles. The summed E-state index contributed by atoms with van der Waals surface area (Å²) in [5, 5.41) is 0. The summed E-state index contributed by atoms with van der Waals surface area (Å²) < 4.78 is 0. The fraction of sp³-hybridized carbons (Fsp3) is 0.500. The third-order valence-electron chi connectivity index (χ3n) is 2.17. The normalized spacial score (nSPS) is 20.9. The van der Waals surface area contributed by atoms with Gasteiger partial charge in [-0.25, -0.2) is 0 Å². The van der Waals surface area contributed by atoms with E-state index < -0.39 is 0 Å². The minimum absolute atomic E-state index is 0.182. The largest absolute Gasteiger partial charge is 0.348 e. The first-order valence-corrected chi connectivity index (χ1v) is 5.52. The third kappa shape index (κ3) is 5.29. The molecular formula is C14H23N. The van der Waals surface area contributed by atoms with E-state index in [4.69, 9.17) is 0 Å². The standard InChI is InChI=1S/C12H17N.C2H6/c1-11-10-12(2,3)8-6-5-7-9-13(11)4;1-2/h5-6,8-9H,1,10H2,2-4H3;1-2H3/b8-6-;. The summed E-state index contributed by atoms with van der Waals surface area (Å²) in [7, 11) is 2.00. The minimum Gasteiger partial charge on any atom is -0.348 e. The van der Waals surface area contributed by atoms with Crippen molar-refractivity contribution in [2.24, 2.45) is 5.41 Å². The van der Waals surface area contributed by atoms with Gasteiger partial charge in [0, 0.05) is 18.9 Å². The van der Waals surface area contributed by atoms with Gasteiger partial charge in [-0.2, -0.15) is 0 Å². The molecule has 15 heavy (non-hydrogen) atoms. The molecule has 1 aliphatic rings. The Hall–Kier alpha value is -1.20. The Kier molecular flexibility index (Phi) is 5.81. The fourth-order valence-electron chi connectivity index (χ4n) is 1.32. The van der Waals surface area contributed by atoms with Gasteiger partial charge in [0.15, 0.2) is 0 Å². The van der Waals surface area contributed by atoms with E-state index in [1.54, 1.807) is 0 Å². The molecule has 0 aromatic rings. The molecule has 0 saturated carbocycles. The van der Waals surface area contributed by atoms with E-state index >= 15 is 0 Å². The zero-order valence-corrected chi connectivity index (χ0v) is 10.7. The van der Waals surface area contributed by atoms with Crippen LogP contribution in [0.2, 0.25) is 0 Å². The van der Waals surface area contributed by atoms with E-state index in [-0.39, 0.29) is 5.41 Å². The monoisotopic (exact) mass is 205 g/mol. The highest BCUT2D eigenvalue weighted by Crippen LogP contribution is 2.27. The van der Waals surface area contributed by atoms with Crippen molar-refractivity contribution < 1.29 is 0 Å². The van der Waals surface area contributed by atoms with Crippen LogP contribution in [0.25, 0.3) is 0 Å². The van der Waals surface area contributed by atoms with Crippen LogP contribution >= 0.6 is 0 Å². The Labute approximate surface area is 94.5 Å². The van der Waals surface area contributed by atoms with Gasteiger partial charge >= 0.3 is 0 Å². The molecule has 1 heterocycles. The quantitative estimate of drug-likeness (QED) is 0.538. The molecule has 84 valence electrons. The van der Waals surface area contributed by atoms with Crippen LogP contribution in [0.5, 0.6) is 0 Å². The summed E-state index contributed by atoms with van der Waals surface area (Å²) in [6.45, 7) is 12.5. The highest BCUT2D eigenvalue weighted by atomic mass is 15.1. The predicted molar refractivity (Wildman–Crippen MR) is 68.4 cm³/mol. The van der Waals surface area contributed by atoms with Crippen LogP contribution in [0.3, 0.4) is 0 Å². The lowest BCUT2D eigenvalue weighted by Gasteiger charge is -2.25. The zero-order valence-electron chi connectivity index (χ0n) is 10.7. The second-order valence-corrected chi connectivity index (χ2v) is 4.16. The van der Waals surface area contributed by atoms with Crippen LogP contribution in [0.1, 0.15) is 34.1 Å². The molecule has 0 aliphatic carbocycles. The van der Waals surface area contributed by atoms with Gasteiger partial charge in [0.1, 0.15) is 0 Å². The molecule has 1 heteroatoms. The maximum absolute atomic E-state index is 4.04. The van der Waals surface area contributed by atoms with Crippen molar-refractivity contribution in [2.75, 3.05) is 7.05 Å². The summed E-state index contributed by atoms with van der Waals surface area (Å²) in [4.78, 5) is 2.02. The van der Waals surface area contributed by atoms with Crippen LogP contribution in [-0.4, -0.2) is 11.9 Å². The summed E-state index contributed by atoms with van der Waals surface area (Å²) >= 11 is 0. The van der Waals surface area contributed by atoms with Crippen LogP contribution in [0.15, 0.2) is 42.4 Å². The van der Waals surface area contributed by atoms with Crippen molar-refractivity contribution in [2.45, 2.75) is 34.1 Å². The molecule has 0 aromatic heterocycles. The predicted octanol–water partition coefficient (Wildman–Crippen LogP) is 4.11. The number of rotatable bonds is 0. The average Bonchev–Trinajstić information content (AvgIpc) is 2.23. The zero-order chi connectivity index (χ0) is 11.9. The van der Waals surface area contributed by atoms with Crippen molar-refractivity contribution in [3.05, 3.63) is 42.4 Å². The van der Waals surface area contributed by atoms with Gasteiger partial charge in [-0.3, -0.25) is 0 Å². The van der Waals surface area contributed by atoms with Gasteiger partial charge in [-0.1, -0.05) is 46.4 Å². The Morgan fingerprint density at radius 3 is 2.60 bits per heavy atom. The Balaban J connectivity index is 0.000000921. The molecule has 1 aliphatic heterocycles. The SMILES string of the molecule is C=C1CC(C)(C)/C=C\C=C=CN1C.CC. The van der Waals surface area contributed by atoms with E-state index in [9.17, 15) is 0 Å². The molecule has 0 atom stereocenters. The van der Waals surface area contributed by atoms with E-state index in [2.05, 4.69) is 32.2 Å². The summed E-state index contributed by atoms with van der Waals surface area (Å²) in [6, 6.07) is 0. The highest BCUT2D eigenvalue weighted by molar-refractivity contribution is 5.14. The molecule has 0 spiro atoms. The average molecular weight is 205 g/mol. The van der Waals surface area contributed by atoms with Crippen molar-refractivity contribution >= 4 is 0 Å². The fourth-order valence-corrected chi connectivity index (χ4v) is 1.32. The molecule has 0 bridgehead atoms. The molecule has 1 nitrogen and oxygen atoms in total. The van der Waals surface area contributed by atoms with Crippen LogP contribution in [0.4, 0.5) is 0 Å². The van der Waals surface area contributed by atoms with E-state index in [0.717, 1.165) is 12.1 Å². The lowest BCUT2D eigenvalue weighted by Crippen LogP contribution is -2.16. The molecule has 0 N–H and O–H groups in total. The van der Waals surface area contributed by atoms with Crippen LogP contribution < -0.4 is 0 Å². The summed E-state index contributed by atoms with van der Waals surface area (Å²) in [5.41, 5.74) is 4.38. The first-order chi connectivity index (χ1) is 7.01. The summed E-state index contributed by atoms with van der Waals surface area (Å²) in [5.74, 6) is 0. The van der Waals surface area contributed by atoms with Crippen molar-refractivity contribution in [3.63, 3.8) is 0 Å². The molecule has 0 unspecified atom stereocenters. The van der Waals surface area contributed by atoms with Crippen LogP contribution in [-0.2, 0) is 0 Å². The van der Waals surface area contributed by atoms with Crippen LogP contribution in [0, 0.1) is 5.41 Å². The van der Waals surface area contributed by atoms with Gasteiger partial charge in [0.05, 0.1) is 0 Å². The smallest absolute Gasteiger partial charge is 0.0463 e. The number of nitrogens with zero attached hydrogens (tertiary/aromatic N) is 1. The Morgan fingerprint density at radius 1 is 1.40 bits per heavy atom. The summed E-state index contributed by atoms with van der Waals surface area (Å²) in [6.07, 6.45) is 9.05. The Bertz CT molecular complexity index is 288.